The summed E-state index contributed by atoms with van der Waals surface area (Å²) in [7, 11) is 1.71. The first kappa shape index (κ1) is 12.9. The SMILES string of the molecule is COc1ccc2ccnc(N3CC4CCCNC4C3)c2c1. The molecule has 1 aromatic heterocycles. The topological polar surface area (TPSA) is 37.4 Å². The second-order valence-electron chi connectivity index (χ2n) is 6.09. The maximum Gasteiger partial charge on any atom is 0.136 e. The van der Waals surface area contributed by atoms with Gasteiger partial charge in [0, 0.05) is 30.7 Å². The molecule has 21 heavy (non-hydrogen) atoms. The second kappa shape index (κ2) is 5.19. The monoisotopic (exact) mass is 283 g/mol. The molecule has 2 unspecified atom stereocenters. The zero-order valence-corrected chi connectivity index (χ0v) is 12.4. The predicted octanol–water partition coefficient (Wildman–Crippen LogP) is 2.43. The Bertz CT molecular complexity index is 644. The van der Waals surface area contributed by atoms with Crippen LogP contribution in [-0.4, -0.2) is 37.8 Å². The molecule has 4 nitrogen and oxygen atoms in total. The van der Waals surface area contributed by atoms with E-state index in [0.29, 0.717) is 6.04 Å². The molecule has 2 aliphatic rings. The van der Waals surface area contributed by atoms with E-state index in [2.05, 4.69) is 33.4 Å². The van der Waals surface area contributed by atoms with Crippen molar-refractivity contribution in [3.8, 4) is 5.75 Å². The van der Waals surface area contributed by atoms with Gasteiger partial charge in [0.2, 0.25) is 0 Å². The maximum absolute atomic E-state index is 5.38. The summed E-state index contributed by atoms with van der Waals surface area (Å²) in [6.07, 6.45) is 4.55. The van der Waals surface area contributed by atoms with Gasteiger partial charge in [-0.1, -0.05) is 6.07 Å². The van der Waals surface area contributed by atoms with Gasteiger partial charge in [-0.3, -0.25) is 0 Å². The Labute approximate surface area is 125 Å². The number of nitrogens with zero attached hydrogens (tertiary/aromatic N) is 2. The van der Waals surface area contributed by atoms with Crippen molar-refractivity contribution in [2.75, 3.05) is 31.6 Å². The Hall–Kier alpha value is -1.81. The number of nitrogens with one attached hydrogen (secondary N) is 1. The molecule has 4 heteroatoms. The summed E-state index contributed by atoms with van der Waals surface area (Å²) in [5.41, 5.74) is 0. The quantitative estimate of drug-likeness (QED) is 0.918. The first-order valence-corrected chi connectivity index (χ1v) is 7.76. The lowest BCUT2D eigenvalue weighted by Crippen LogP contribution is -2.40. The van der Waals surface area contributed by atoms with Gasteiger partial charge in [0.15, 0.2) is 0 Å². The van der Waals surface area contributed by atoms with Gasteiger partial charge in [-0.2, -0.15) is 0 Å². The molecule has 2 atom stereocenters. The molecule has 0 amide bonds. The number of aromatic nitrogens is 1. The van der Waals surface area contributed by atoms with E-state index in [1.54, 1.807) is 7.11 Å². The van der Waals surface area contributed by atoms with Crippen molar-refractivity contribution in [2.45, 2.75) is 18.9 Å². The third kappa shape index (κ3) is 2.23. The lowest BCUT2D eigenvalue weighted by atomic mass is 9.94. The lowest BCUT2D eigenvalue weighted by Gasteiger charge is -2.24. The average Bonchev–Trinajstić information content (AvgIpc) is 2.97. The van der Waals surface area contributed by atoms with E-state index in [1.165, 1.54) is 23.6 Å². The third-order valence-corrected chi connectivity index (χ3v) is 4.85. The van der Waals surface area contributed by atoms with E-state index < -0.39 is 0 Å². The van der Waals surface area contributed by atoms with Crippen LogP contribution in [0.25, 0.3) is 10.8 Å². The number of hydrogen-bond donors (Lipinski definition) is 1. The fourth-order valence-corrected chi connectivity index (χ4v) is 3.73. The Morgan fingerprint density at radius 1 is 1.29 bits per heavy atom. The summed E-state index contributed by atoms with van der Waals surface area (Å²) < 4.78 is 5.38. The van der Waals surface area contributed by atoms with E-state index in [4.69, 9.17) is 4.74 Å². The molecule has 2 aromatic rings. The molecule has 2 saturated heterocycles. The molecule has 0 spiro atoms. The summed E-state index contributed by atoms with van der Waals surface area (Å²) >= 11 is 0. The predicted molar refractivity (Wildman–Crippen MR) is 85.0 cm³/mol. The molecule has 110 valence electrons. The highest BCUT2D eigenvalue weighted by Crippen LogP contribution is 2.33. The minimum atomic E-state index is 0.626. The Balaban J connectivity index is 1.72. The average molecular weight is 283 g/mol. The highest BCUT2D eigenvalue weighted by Gasteiger charge is 2.35. The minimum absolute atomic E-state index is 0.626. The first-order chi connectivity index (χ1) is 10.3. The number of pyridine rings is 1. The van der Waals surface area contributed by atoms with Crippen molar-refractivity contribution >= 4 is 16.6 Å². The van der Waals surface area contributed by atoms with Crippen LogP contribution in [0.3, 0.4) is 0 Å². The van der Waals surface area contributed by atoms with Gasteiger partial charge >= 0.3 is 0 Å². The Kier molecular flexibility index (Phi) is 3.19. The van der Waals surface area contributed by atoms with Gasteiger partial charge in [0.1, 0.15) is 11.6 Å². The van der Waals surface area contributed by atoms with Gasteiger partial charge in [-0.05, 0) is 48.9 Å². The molecule has 0 radical (unpaired) electrons. The molecule has 0 aliphatic carbocycles. The van der Waals surface area contributed by atoms with E-state index in [0.717, 1.165) is 37.1 Å². The molecular weight excluding hydrogens is 262 g/mol. The fourth-order valence-electron chi connectivity index (χ4n) is 3.73. The summed E-state index contributed by atoms with van der Waals surface area (Å²) in [6, 6.07) is 8.92. The van der Waals surface area contributed by atoms with Crippen molar-refractivity contribution in [2.24, 2.45) is 5.92 Å². The van der Waals surface area contributed by atoms with E-state index in [1.807, 2.05) is 12.3 Å². The second-order valence-corrected chi connectivity index (χ2v) is 6.09. The smallest absolute Gasteiger partial charge is 0.136 e. The van der Waals surface area contributed by atoms with Crippen molar-refractivity contribution in [3.05, 3.63) is 30.5 Å². The summed E-state index contributed by atoms with van der Waals surface area (Å²) in [4.78, 5) is 7.10. The number of benzene rings is 1. The first-order valence-electron chi connectivity index (χ1n) is 7.76. The largest absolute Gasteiger partial charge is 0.497 e. The third-order valence-electron chi connectivity index (χ3n) is 4.85. The van der Waals surface area contributed by atoms with Gasteiger partial charge in [0.05, 0.1) is 7.11 Å². The Morgan fingerprint density at radius 2 is 2.24 bits per heavy atom. The van der Waals surface area contributed by atoms with E-state index >= 15 is 0 Å². The molecule has 4 rings (SSSR count). The highest BCUT2D eigenvalue weighted by atomic mass is 16.5. The maximum atomic E-state index is 5.38. The standard InChI is InChI=1S/C17H21N3O/c1-21-14-5-4-12-6-8-19-17(15(12)9-14)20-10-13-3-2-7-18-16(13)11-20/h4-6,8-9,13,16,18H,2-3,7,10-11H2,1H3. The molecule has 2 aliphatic heterocycles. The van der Waals surface area contributed by atoms with Crippen LogP contribution in [0.15, 0.2) is 30.5 Å². The summed E-state index contributed by atoms with van der Waals surface area (Å²) in [5, 5.41) is 6.07. The van der Waals surface area contributed by atoms with E-state index in [-0.39, 0.29) is 0 Å². The minimum Gasteiger partial charge on any atom is -0.497 e. The van der Waals surface area contributed by atoms with Crippen molar-refractivity contribution in [1.82, 2.24) is 10.3 Å². The zero-order chi connectivity index (χ0) is 14.2. The van der Waals surface area contributed by atoms with Gasteiger partial charge in [-0.25, -0.2) is 4.98 Å². The van der Waals surface area contributed by atoms with Crippen LogP contribution in [-0.2, 0) is 0 Å². The molecule has 1 aromatic carbocycles. The van der Waals surface area contributed by atoms with Gasteiger partial charge in [0.25, 0.3) is 0 Å². The van der Waals surface area contributed by atoms with Crippen molar-refractivity contribution < 1.29 is 4.74 Å². The lowest BCUT2D eigenvalue weighted by molar-refractivity contribution is 0.340. The van der Waals surface area contributed by atoms with Gasteiger partial charge < -0.3 is 15.0 Å². The van der Waals surface area contributed by atoms with Crippen molar-refractivity contribution in [1.29, 1.82) is 0 Å². The molecule has 0 bridgehead atoms. The summed E-state index contributed by atoms with van der Waals surface area (Å²) in [5.74, 6) is 2.76. The molecular formula is C17H21N3O. The zero-order valence-electron chi connectivity index (χ0n) is 12.4. The fraction of sp³-hybridized carbons (Fsp3) is 0.471. The van der Waals surface area contributed by atoms with Crippen molar-refractivity contribution in [3.63, 3.8) is 0 Å². The number of piperidine rings is 1. The molecule has 3 heterocycles. The van der Waals surface area contributed by atoms with Crippen LogP contribution in [0.5, 0.6) is 5.75 Å². The number of methoxy groups -OCH3 is 1. The van der Waals surface area contributed by atoms with Crippen LogP contribution in [0.1, 0.15) is 12.8 Å². The Morgan fingerprint density at radius 3 is 3.10 bits per heavy atom. The van der Waals surface area contributed by atoms with Crippen LogP contribution in [0.4, 0.5) is 5.82 Å². The van der Waals surface area contributed by atoms with Crippen LogP contribution in [0, 0.1) is 5.92 Å². The number of hydrogen-bond acceptors (Lipinski definition) is 4. The van der Waals surface area contributed by atoms with Crippen LogP contribution < -0.4 is 15.0 Å². The van der Waals surface area contributed by atoms with Gasteiger partial charge in [-0.15, -0.1) is 0 Å². The number of anilines is 1. The number of ether oxygens (including phenoxy) is 1. The molecule has 1 N–H and O–H groups in total. The van der Waals surface area contributed by atoms with E-state index in [9.17, 15) is 0 Å². The molecule has 0 saturated carbocycles. The van der Waals surface area contributed by atoms with Crippen LogP contribution in [0.2, 0.25) is 0 Å². The highest BCUT2D eigenvalue weighted by molar-refractivity contribution is 5.93. The summed E-state index contributed by atoms with van der Waals surface area (Å²) in [6.45, 7) is 3.33. The number of rotatable bonds is 2. The normalized spacial score (nSPS) is 25.1. The molecule has 2 fully saturated rings. The number of fused-ring (bicyclic) bond motifs is 2. The van der Waals surface area contributed by atoms with Crippen LogP contribution >= 0.6 is 0 Å².